The van der Waals surface area contributed by atoms with Crippen molar-refractivity contribution in [1.82, 2.24) is 4.98 Å². The summed E-state index contributed by atoms with van der Waals surface area (Å²) < 4.78 is 13.4. The van der Waals surface area contributed by atoms with Gasteiger partial charge in [-0.05, 0) is 55.7 Å². The molecule has 2 N–H and O–H groups in total. The Morgan fingerprint density at radius 1 is 1.21 bits per heavy atom. The number of aromatic nitrogens is 1. The van der Waals surface area contributed by atoms with Crippen LogP contribution in [0.5, 0.6) is 0 Å². The molecular weight excluding hydrogens is 263 g/mol. The number of hydrogen-bond donors (Lipinski definition) is 1. The zero-order valence-corrected chi connectivity index (χ0v) is 11.7. The number of hydrogen-bond acceptors (Lipinski definition) is 2. The Kier molecular flexibility index (Phi) is 4.17. The Morgan fingerprint density at radius 3 is 2.42 bits per heavy atom. The molecule has 0 spiro atoms. The molecular formula is C15H16ClFN2. The van der Waals surface area contributed by atoms with Crippen molar-refractivity contribution in [1.29, 1.82) is 0 Å². The van der Waals surface area contributed by atoms with Gasteiger partial charge in [0.15, 0.2) is 0 Å². The van der Waals surface area contributed by atoms with E-state index in [1.807, 2.05) is 26.0 Å². The van der Waals surface area contributed by atoms with E-state index < -0.39 is 5.82 Å². The number of aryl methyl sites for hydroxylation is 2. The summed E-state index contributed by atoms with van der Waals surface area (Å²) in [7, 11) is 0. The van der Waals surface area contributed by atoms with E-state index in [4.69, 9.17) is 17.3 Å². The highest BCUT2D eigenvalue weighted by Crippen LogP contribution is 2.21. The van der Waals surface area contributed by atoms with Crippen LogP contribution in [0, 0.1) is 19.7 Å². The van der Waals surface area contributed by atoms with Crippen LogP contribution in [0.4, 0.5) is 4.39 Å². The van der Waals surface area contributed by atoms with Crippen molar-refractivity contribution >= 4 is 11.6 Å². The predicted molar refractivity (Wildman–Crippen MR) is 75.8 cm³/mol. The van der Waals surface area contributed by atoms with Crippen LogP contribution in [0.2, 0.25) is 5.02 Å². The van der Waals surface area contributed by atoms with Crippen LogP contribution in [-0.4, -0.2) is 4.98 Å². The average molecular weight is 279 g/mol. The van der Waals surface area contributed by atoms with Crippen molar-refractivity contribution in [2.24, 2.45) is 5.73 Å². The molecule has 19 heavy (non-hydrogen) atoms. The maximum absolute atomic E-state index is 13.4. The fourth-order valence-corrected chi connectivity index (χ4v) is 2.24. The summed E-state index contributed by atoms with van der Waals surface area (Å²) in [5, 5.41) is 0.132. The third kappa shape index (κ3) is 3.52. The van der Waals surface area contributed by atoms with Crippen molar-refractivity contribution in [3.8, 4) is 0 Å². The molecule has 0 aliphatic rings. The van der Waals surface area contributed by atoms with E-state index in [2.05, 4.69) is 4.98 Å². The van der Waals surface area contributed by atoms with Crippen LogP contribution in [0.1, 0.15) is 28.6 Å². The molecule has 0 bridgehead atoms. The molecule has 0 aliphatic heterocycles. The highest BCUT2D eigenvalue weighted by atomic mass is 35.5. The molecule has 4 heteroatoms. The van der Waals surface area contributed by atoms with Crippen molar-refractivity contribution in [2.75, 3.05) is 0 Å². The first-order valence-corrected chi connectivity index (χ1v) is 6.48. The second-order valence-corrected chi connectivity index (χ2v) is 5.15. The van der Waals surface area contributed by atoms with Crippen LogP contribution in [0.25, 0.3) is 0 Å². The molecule has 0 amide bonds. The maximum Gasteiger partial charge on any atom is 0.142 e. The van der Waals surface area contributed by atoms with Gasteiger partial charge < -0.3 is 5.73 Å². The Hall–Kier alpha value is -1.45. The van der Waals surface area contributed by atoms with E-state index in [9.17, 15) is 4.39 Å². The summed E-state index contributed by atoms with van der Waals surface area (Å²) in [6.07, 6.45) is 0.566. The molecule has 0 saturated carbocycles. The zero-order valence-electron chi connectivity index (χ0n) is 11.0. The minimum absolute atomic E-state index is 0.132. The van der Waals surface area contributed by atoms with Crippen molar-refractivity contribution in [3.63, 3.8) is 0 Å². The molecule has 100 valence electrons. The smallest absolute Gasteiger partial charge is 0.142 e. The summed E-state index contributed by atoms with van der Waals surface area (Å²) in [4.78, 5) is 4.32. The molecule has 1 atom stereocenters. The van der Waals surface area contributed by atoms with E-state index in [-0.39, 0.29) is 11.1 Å². The maximum atomic E-state index is 13.4. The lowest BCUT2D eigenvalue weighted by Crippen LogP contribution is -2.14. The van der Waals surface area contributed by atoms with Crippen LogP contribution < -0.4 is 5.73 Å². The van der Waals surface area contributed by atoms with E-state index in [1.54, 1.807) is 12.1 Å². The summed E-state index contributed by atoms with van der Waals surface area (Å²) in [5.41, 5.74) is 9.89. The Labute approximate surface area is 117 Å². The van der Waals surface area contributed by atoms with Crippen LogP contribution in [0.15, 0.2) is 30.3 Å². The van der Waals surface area contributed by atoms with Crippen LogP contribution in [0.3, 0.4) is 0 Å². The van der Waals surface area contributed by atoms with E-state index in [1.165, 1.54) is 6.07 Å². The monoisotopic (exact) mass is 278 g/mol. The molecule has 1 aromatic carbocycles. The molecule has 1 heterocycles. The fourth-order valence-electron chi connectivity index (χ4n) is 2.12. The molecule has 0 fully saturated rings. The number of benzene rings is 1. The third-order valence-corrected chi connectivity index (χ3v) is 3.28. The van der Waals surface area contributed by atoms with Gasteiger partial charge in [0.05, 0.1) is 5.02 Å². The summed E-state index contributed by atoms with van der Waals surface area (Å²) in [5.74, 6) is -0.409. The lowest BCUT2D eigenvalue weighted by molar-refractivity contribution is 0.622. The van der Waals surface area contributed by atoms with E-state index in [0.717, 1.165) is 22.5 Å². The molecule has 0 radical (unpaired) electrons. The van der Waals surface area contributed by atoms with E-state index >= 15 is 0 Å². The highest BCUT2D eigenvalue weighted by molar-refractivity contribution is 6.30. The Balaban J connectivity index is 2.20. The van der Waals surface area contributed by atoms with Gasteiger partial charge >= 0.3 is 0 Å². The number of pyridine rings is 1. The third-order valence-electron chi connectivity index (χ3n) is 2.97. The Morgan fingerprint density at radius 2 is 1.84 bits per heavy atom. The van der Waals surface area contributed by atoms with Crippen LogP contribution >= 0.6 is 11.6 Å². The summed E-state index contributed by atoms with van der Waals surface area (Å²) >= 11 is 5.66. The average Bonchev–Trinajstić information content (AvgIpc) is 2.32. The van der Waals surface area contributed by atoms with Crippen LogP contribution in [-0.2, 0) is 6.42 Å². The summed E-state index contributed by atoms with van der Waals surface area (Å²) in [6, 6.07) is 8.53. The molecule has 2 nitrogen and oxygen atoms in total. The molecule has 1 unspecified atom stereocenters. The zero-order chi connectivity index (χ0) is 14.0. The van der Waals surface area contributed by atoms with Gasteiger partial charge in [0.1, 0.15) is 5.82 Å². The second kappa shape index (κ2) is 5.68. The number of nitrogens with two attached hydrogens (primary N) is 1. The lowest BCUT2D eigenvalue weighted by atomic mass is 9.99. The number of rotatable bonds is 3. The van der Waals surface area contributed by atoms with Gasteiger partial charge in [-0.1, -0.05) is 17.7 Å². The quantitative estimate of drug-likeness (QED) is 0.929. The SMILES string of the molecule is Cc1cc(C(N)Cc2ccc(Cl)c(F)c2)cc(C)n1. The minimum atomic E-state index is -0.409. The molecule has 2 rings (SSSR count). The molecule has 0 aliphatic carbocycles. The van der Waals surface area contributed by atoms with Gasteiger partial charge in [-0.15, -0.1) is 0 Å². The van der Waals surface area contributed by atoms with Crippen molar-refractivity contribution in [3.05, 3.63) is 63.7 Å². The first-order valence-electron chi connectivity index (χ1n) is 6.10. The second-order valence-electron chi connectivity index (χ2n) is 4.74. The van der Waals surface area contributed by atoms with Gasteiger partial charge in [-0.3, -0.25) is 4.98 Å². The predicted octanol–water partition coefficient (Wildman–Crippen LogP) is 3.73. The highest BCUT2D eigenvalue weighted by Gasteiger charge is 2.10. The molecule has 1 aromatic heterocycles. The van der Waals surface area contributed by atoms with E-state index in [0.29, 0.717) is 6.42 Å². The standard InChI is InChI=1S/C15H16ClFN2/c1-9-5-12(6-10(2)19-9)15(18)8-11-3-4-13(16)14(17)7-11/h3-7,15H,8,18H2,1-2H3. The van der Waals surface area contributed by atoms with Gasteiger partial charge in [-0.2, -0.15) is 0 Å². The minimum Gasteiger partial charge on any atom is -0.324 e. The van der Waals surface area contributed by atoms with Crippen molar-refractivity contribution in [2.45, 2.75) is 26.3 Å². The largest absolute Gasteiger partial charge is 0.324 e. The first-order chi connectivity index (χ1) is 8.95. The molecule has 0 saturated heterocycles. The van der Waals surface area contributed by atoms with Crippen molar-refractivity contribution < 1.29 is 4.39 Å². The normalized spacial score (nSPS) is 12.5. The number of halogens is 2. The number of nitrogens with zero attached hydrogens (tertiary/aromatic N) is 1. The van der Waals surface area contributed by atoms with Gasteiger partial charge in [0.2, 0.25) is 0 Å². The van der Waals surface area contributed by atoms with Gasteiger partial charge in [-0.25, -0.2) is 4.39 Å². The topological polar surface area (TPSA) is 38.9 Å². The lowest BCUT2D eigenvalue weighted by Gasteiger charge is -2.14. The van der Waals surface area contributed by atoms with Gasteiger partial charge in [0, 0.05) is 17.4 Å². The molecule has 2 aromatic rings. The fraction of sp³-hybridized carbons (Fsp3) is 0.267. The first kappa shape index (κ1) is 14.0. The Bertz CT molecular complexity index is 578. The van der Waals surface area contributed by atoms with Gasteiger partial charge in [0.25, 0.3) is 0 Å². The summed E-state index contributed by atoms with van der Waals surface area (Å²) in [6.45, 7) is 3.87.